The molecule has 3 aromatic carbocycles. The van der Waals surface area contributed by atoms with E-state index >= 15 is 0 Å². The van der Waals surface area contributed by atoms with E-state index in [0.29, 0.717) is 25.4 Å². The molecule has 0 saturated carbocycles. The molecule has 1 amide bonds. The van der Waals surface area contributed by atoms with Gasteiger partial charge in [-0.3, -0.25) is 14.2 Å². The molecule has 0 aliphatic carbocycles. The summed E-state index contributed by atoms with van der Waals surface area (Å²) >= 11 is 1.16. The van der Waals surface area contributed by atoms with Gasteiger partial charge in [0.2, 0.25) is 5.91 Å². The monoisotopic (exact) mass is 475 g/mol. The Morgan fingerprint density at radius 1 is 1.06 bits per heavy atom. The van der Waals surface area contributed by atoms with Crippen LogP contribution in [0, 0.1) is 0 Å². The molecule has 0 fully saturated rings. The van der Waals surface area contributed by atoms with Crippen LogP contribution in [0.25, 0.3) is 10.2 Å². The molecule has 0 atom stereocenters. The lowest BCUT2D eigenvalue weighted by molar-refractivity contribution is -0.118. The zero-order valence-corrected chi connectivity index (χ0v) is 19.5. The molecule has 0 spiro atoms. The summed E-state index contributed by atoms with van der Waals surface area (Å²) in [4.78, 5) is 23.5. The van der Waals surface area contributed by atoms with Gasteiger partial charge in [0.25, 0.3) is 0 Å². The van der Waals surface area contributed by atoms with Crippen molar-refractivity contribution < 1.29 is 14.7 Å². The number of nitrogens with one attached hydrogen (secondary N) is 1. The van der Waals surface area contributed by atoms with Gasteiger partial charge in [0.05, 0.1) is 16.8 Å². The molecule has 1 heterocycles. The molecule has 1 aromatic heterocycles. The van der Waals surface area contributed by atoms with Gasteiger partial charge < -0.3 is 15.3 Å². The molecule has 0 bridgehead atoms. The van der Waals surface area contributed by atoms with Crippen LogP contribution in [0.2, 0.25) is 0 Å². The van der Waals surface area contributed by atoms with Crippen molar-refractivity contribution in [2.75, 3.05) is 13.2 Å². The molecule has 0 aliphatic rings. The van der Waals surface area contributed by atoms with E-state index in [-0.39, 0.29) is 10.8 Å². The van der Waals surface area contributed by atoms with Crippen LogP contribution in [0.4, 0.5) is 0 Å². The fourth-order valence-electron chi connectivity index (χ4n) is 3.69. The molecule has 0 aliphatic heterocycles. The van der Waals surface area contributed by atoms with Crippen LogP contribution in [0.3, 0.4) is 0 Å². The first kappa shape index (κ1) is 23.3. The van der Waals surface area contributed by atoms with Crippen LogP contribution in [0.5, 0.6) is 5.75 Å². The second kappa shape index (κ2) is 10.8. The van der Waals surface area contributed by atoms with Gasteiger partial charge in [-0.25, -0.2) is 0 Å². The van der Waals surface area contributed by atoms with Crippen molar-refractivity contribution in [2.24, 2.45) is 5.16 Å². The summed E-state index contributed by atoms with van der Waals surface area (Å²) in [5.41, 5.74) is 3.92. The number of amides is 1. The Labute approximate surface area is 200 Å². The minimum Gasteiger partial charge on any atom is -0.492 e. The van der Waals surface area contributed by atoms with Gasteiger partial charge in [0.1, 0.15) is 18.1 Å². The number of hydrogen-bond donors (Lipinski definition) is 2. The third kappa shape index (κ3) is 5.52. The van der Waals surface area contributed by atoms with Crippen LogP contribution in [0.15, 0.2) is 82.7 Å². The molecule has 0 saturated heterocycles. The zero-order valence-electron chi connectivity index (χ0n) is 18.7. The summed E-state index contributed by atoms with van der Waals surface area (Å²) in [6.45, 7) is 2.87. The van der Waals surface area contributed by atoms with Gasteiger partial charge in [-0.2, -0.15) is 0 Å². The average molecular weight is 476 g/mol. The van der Waals surface area contributed by atoms with Crippen molar-refractivity contribution in [3.63, 3.8) is 0 Å². The van der Waals surface area contributed by atoms with Crippen LogP contribution in [-0.2, 0) is 17.8 Å². The molecule has 34 heavy (non-hydrogen) atoms. The first-order valence-corrected chi connectivity index (χ1v) is 11.7. The molecule has 0 unspecified atom stereocenters. The number of oxime groups is 1. The van der Waals surface area contributed by atoms with Gasteiger partial charge in [-0.1, -0.05) is 65.0 Å². The summed E-state index contributed by atoms with van der Waals surface area (Å²) in [5.74, 6) is 0.690. The van der Waals surface area contributed by atoms with Crippen molar-refractivity contribution in [1.82, 2.24) is 9.88 Å². The summed E-state index contributed by atoms with van der Waals surface area (Å²) in [7, 11) is 0. The number of thiazole rings is 1. The highest BCUT2D eigenvalue weighted by Crippen LogP contribution is 2.22. The number of benzene rings is 3. The number of nitrogens with zero attached hydrogens (tertiary/aromatic N) is 2. The van der Waals surface area contributed by atoms with Crippen LogP contribution in [-0.4, -0.2) is 34.5 Å². The number of aromatic nitrogens is 1. The van der Waals surface area contributed by atoms with Crippen molar-refractivity contribution in [2.45, 2.75) is 19.9 Å². The summed E-state index contributed by atoms with van der Waals surface area (Å²) < 4.78 is 8.36. The van der Waals surface area contributed by atoms with Crippen molar-refractivity contribution in [3.05, 3.63) is 99.2 Å². The lowest BCUT2D eigenvalue weighted by Gasteiger charge is -2.09. The quantitative estimate of drug-likeness (QED) is 0.217. The second-order valence-electron chi connectivity index (χ2n) is 7.74. The van der Waals surface area contributed by atoms with Gasteiger partial charge >= 0.3 is 4.87 Å². The number of carbonyl (C=O) groups excluding carboxylic acids is 1. The SMILES string of the molecule is CC(=O)NCCc1ccc(OCCn2c(=O)sc3cc(C(=NO)c4ccccc4)ccc32)cc1. The van der Waals surface area contributed by atoms with E-state index in [1.807, 2.05) is 72.8 Å². The second-order valence-corrected chi connectivity index (χ2v) is 8.74. The largest absolute Gasteiger partial charge is 0.492 e. The first-order valence-electron chi connectivity index (χ1n) is 10.9. The van der Waals surface area contributed by atoms with E-state index < -0.39 is 0 Å². The lowest BCUT2D eigenvalue weighted by atomic mass is 10.0. The Morgan fingerprint density at radius 2 is 1.82 bits per heavy atom. The molecule has 174 valence electrons. The Kier molecular flexibility index (Phi) is 7.39. The standard InChI is InChI=1S/C26H25N3O4S/c1-18(30)27-14-13-19-7-10-22(11-8-19)33-16-15-29-23-12-9-21(17-24(23)34-26(29)31)25(28-32)20-5-3-2-4-6-20/h2-12,17,32H,13-16H2,1H3,(H,27,30). The van der Waals surface area contributed by atoms with Crippen molar-refractivity contribution in [1.29, 1.82) is 0 Å². The summed E-state index contributed by atoms with van der Waals surface area (Å²) in [5, 5.41) is 15.8. The Balaban J connectivity index is 1.41. The number of rotatable bonds is 9. The molecule has 0 radical (unpaired) electrons. The van der Waals surface area contributed by atoms with E-state index in [9.17, 15) is 14.8 Å². The maximum atomic E-state index is 12.6. The van der Waals surface area contributed by atoms with Crippen LogP contribution in [0.1, 0.15) is 23.6 Å². The number of ether oxygens (including phenoxy) is 1. The maximum absolute atomic E-state index is 12.6. The maximum Gasteiger partial charge on any atom is 0.308 e. The smallest absolute Gasteiger partial charge is 0.308 e. The van der Waals surface area contributed by atoms with Crippen molar-refractivity contribution in [3.8, 4) is 5.75 Å². The minimum absolute atomic E-state index is 0.0365. The Bertz CT molecular complexity index is 1360. The molecule has 7 nitrogen and oxygen atoms in total. The normalized spacial score (nSPS) is 11.5. The Morgan fingerprint density at radius 3 is 2.53 bits per heavy atom. The van der Waals surface area contributed by atoms with Gasteiger partial charge in [0.15, 0.2) is 0 Å². The highest BCUT2D eigenvalue weighted by molar-refractivity contribution is 7.16. The van der Waals surface area contributed by atoms with E-state index in [1.54, 1.807) is 4.57 Å². The number of fused-ring (bicyclic) bond motifs is 1. The molecular weight excluding hydrogens is 450 g/mol. The summed E-state index contributed by atoms with van der Waals surface area (Å²) in [6.07, 6.45) is 0.755. The van der Waals surface area contributed by atoms with Gasteiger partial charge in [-0.15, -0.1) is 0 Å². The highest BCUT2D eigenvalue weighted by atomic mass is 32.1. The van der Waals surface area contributed by atoms with E-state index in [4.69, 9.17) is 4.74 Å². The number of carbonyl (C=O) groups is 1. The topological polar surface area (TPSA) is 92.9 Å². The van der Waals surface area contributed by atoms with E-state index in [1.165, 1.54) is 6.92 Å². The minimum atomic E-state index is -0.0636. The average Bonchev–Trinajstić information content (AvgIpc) is 3.15. The molecule has 2 N–H and O–H groups in total. The molecular formula is C26H25N3O4S. The summed E-state index contributed by atoms with van der Waals surface area (Å²) in [6, 6.07) is 22.7. The van der Waals surface area contributed by atoms with E-state index in [2.05, 4.69) is 10.5 Å². The van der Waals surface area contributed by atoms with Crippen LogP contribution < -0.4 is 14.9 Å². The predicted molar refractivity (Wildman–Crippen MR) is 134 cm³/mol. The highest BCUT2D eigenvalue weighted by Gasteiger charge is 2.13. The zero-order chi connectivity index (χ0) is 23.9. The van der Waals surface area contributed by atoms with E-state index in [0.717, 1.165) is 50.4 Å². The Hall–Kier alpha value is -3.91. The lowest BCUT2D eigenvalue weighted by Crippen LogP contribution is -2.22. The van der Waals surface area contributed by atoms with Gasteiger partial charge in [0, 0.05) is 24.6 Å². The predicted octanol–water partition coefficient (Wildman–Crippen LogP) is 4.05. The van der Waals surface area contributed by atoms with Gasteiger partial charge in [-0.05, 0) is 36.2 Å². The third-order valence-corrected chi connectivity index (χ3v) is 6.33. The molecule has 4 rings (SSSR count). The number of hydrogen-bond acceptors (Lipinski definition) is 6. The third-order valence-electron chi connectivity index (χ3n) is 5.38. The fraction of sp³-hybridized carbons (Fsp3) is 0.192. The molecule has 4 aromatic rings. The van der Waals surface area contributed by atoms with Crippen molar-refractivity contribution >= 4 is 33.2 Å². The fourth-order valence-corrected chi connectivity index (χ4v) is 4.65. The van der Waals surface area contributed by atoms with Crippen LogP contribution >= 0.6 is 11.3 Å². The molecule has 8 heteroatoms. The first-order chi connectivity index (χ1) is 16.5.